The lowest BCUT2D eigenvalue weighted by Crippen LogP contribution is -2.12. The minimum Gasteiger partial charge on any atom is -0.360 e. The molecule has 1 saturated heterocycles. The van der Waals surface area contributed by atoms with Crippen LogP contribution in [0.4, 0.5) is 0 Å². The van der Waals surface area contributed by atoms with Crippen molar-refractivity contribution in [1.82, 2.24) is 0 Å². The molecule has 0 aromatic rings. The average Bonchev–Trinajstić information content (AvgIpc) is 2.43. The number of allylic oxidation sites excluding steroid dienone is 2. The molecule has 0 bridgehead atoms. The molecule has 0 aromatic carbocycles. The van der Waals surface area contributed by atoms with Gasteiger partial charge in [0.2, 0.25) is 5.79 Å². The van der Waals surface area contributed by atoms with Crippen molar-refractivity contribution >= 4 is 0 Å². The molecule has 48 valence electrons. The van der Waals surface area contributed by atoms with Crippen molar-refractivity contribution in [3.63, 3.8) is 0 Å². The minimum absolute atomic E-state index is 0.0532. The molecule has 0 spiro atoms. The zero-order valence-electron chi connectivity index (χ0n) is 5.16. The highest BCUT2D eigenvalue weighted by Crippen LogP contribution is 2.42. The van der Waals surface area contributed by atoms with Crippen molar-refractivity contribution in [2.24, 2.45) is 0 Å². The van der Waals surface area contributed by atoms with Crippen LogP contribution in [-0.4, -0.2) is 17.0 Å². The van der Waals surface area contributed by atoms with Crippen LogP contribution in [-0.2, 0) is 4.74 Å². The molecule has 2 aliphatic rings. The summed E-state index contributed by atoms with van der Waals surface area (Å²) < 4.78 is 4.98. The molecule has 0 saturated carbocycles. The van der Waals surface area contributed by atoms with Gasteiger partial charge in [-0.15, -0.1) is 0 Å². The fraction of sp³-hybridized carbons (Fsp3) is 0.429. The van der Waals surface area contributed by atoms with Crippen molar-refractivity contribution in [2.45, 2.75) is 18.8 Å². The zero-order valence-corrected chi connectivity index (χ0v) is 5.16. The Bertz CT molecular complexity index is 205. The van der Waals surface area contributed by atoms with Crippen molar-refractivity contribution < 1.29 is 9.84 Å². The summed E-state index contributed by atoms with van der Waals surface area (Å²) in [6.45, 7) is 1.95. The van der Waals surface area contributed by atoms with Crippen LogP contribution in [0.1, 0.15) is 6.92 Å². The van der Waals surface area contributed by atoms with Gasteiger partial charge in [0.15, 0.2) is 0 Å². The van der Waals surface area contributed by atoms with E-state index in [-0.39, 0.29) is 6.10 Å². The Morgan fingerprint density at radius 1 is 1.78 bits per heavy atom. The first-order chi connectivity index (χ1) is 4.22. The normalized spacial score (nSPS) is 46.0. The lowest BCUT2D eigenvalue weighted by molar-refractivity contribution is 0.0825. The smallest absolute Gasteiger partial charge is 0.217 e. The van der Waals surface area contributed by atoms with E-state index in [2.05, 4.69) is 0 Å². The molecule has 1 fully saturated rings. The predicted octanol–water partition coefficient (Wildman–Crippen LogP) is 0.590. The van der Waals surface area contributed by atoms with E-state index < -0.39 is 5.79 Å². The van der Waals surface area contributed by atoms with Crippen molar-refractivity contribution in [1.29, 1.82) is 0 Å². The summed E-state index contributed by atoms with van der Waals surface area (Å²) in [5.74, 6) is -0.932. The maximum absolute atomic E-state index is 9.27. The van der Waals surface area contributed by atoms with Crippen LogP contribution in [0.2, 0.25) is 0 Å². The van der Waals surface area contributed by atoms with Gasteiger partial charge in [0, 0.05) is 0 Å². The molecule has 1 aliphatic carbocycles. The zero-order chi connectivity index (χ0) is 6.48. The first-order valence-corrected chi connectivity index (χ1v) is 2.98. The first-order valence-electron chi connectivity index (χ1n) is 2.98. The van der Waals surface area contributed by atoms with Gasteiger partial charge in [0.25, 0.3) is 0 Å². The molecule has 2 nitrogen and oxygen atoms in total. The fourth-order valence-corrected chi connectivity index (χ4v) is 1.13. The monoisotopic (exact) mass is 124 g/mol. The van der Waals surface area contributed by atoms with Crippen LogP contribution in [0.25, 0.3) is 0 Å². The topological polar surface area (TPSA) is 32.8 Å². The third-order valence-corrected chi connectivity index (χ3v) is 1.73. The Kier molecular flexibility index (Phi) is 0.739. The second-order valence-corrected chi connectivity index (χ2v) is 2.52. The third kappa shape index (κ3) is 0.573. The molecule has 2 atom stereocenters. The van der Waals surface area contributed by atoms with Gasteiger partial charge in [0.1, 0.15) is 6.10 Å². The molecule has 2 unspecified atom stereocenters. The maximum atomic E-state index is 9.27. The van der Waals surface area contributed by atoms with Crippen LogP contribution < -0.4 is 0 Å². The first kappa shape index (κ1) is 5.21. The average molecular weight is 124 g/mol. The van der Waals surface area contributed by atoms with Gasteiger partial charge in [-0.1, -0.05) is 12.2 Å². The van der Waals surface area contributed by atoms with E-state index in [4.69, 9.17) is 4.74 Å². The lowest BCUT2D eigenvalue weighted by Gasteiger charge is -2.01. The van der Waals surface area contributed by atoms with E-state index in [1.54, 1.807) is 6.08 Å². The van der Waals surface area contributed by atoms with Crippen molar-refractivity contribution in [2.75, 3.05) is 0 Å². The quantitative estimate of drug-likeness (QED) is 0.479. The Hall–Kier alpha value is -0.600. The SMILES string of the molecule is CC1=CC=CC2(O)OC12. The molecule has 1 N–H and O–H groups in total. The lowest BCUT2D eigenvalue weighted by atomic mass is 10.1. The van der Waals surface area contributed by atoms with Gasteiger partial charge in [-0.25, -0.2) is 0 Å². The van der Waals surface area contributed by atoms with Crippen LogP contribution in [0.3, 0.4) is 0 Å². The standard InChI is InChI=1S/C7H8O2/c1-5-3-2-4-7(8)6(5)9-7/h2-4,6,8H,1H3. The van der Waals surface area contributed by atoms with Crippen LogP contribution in [0, 0.1) is 0 Å². The van der Waals surface area contributed by atoms with Crippen LogP contribution in [0.15, 0.2) is 23.8 Å². The molecule has 0 amide bonds. The van der Waals surface area contributed by atoms with Gasteiger partial charge < -0.3 is 9.84 Å². The van der Waals surface area contributed by atoms with Gasteiger partial charge in [0.05, 0.1) is 0 Å². The Morgan fingerprint density at radius 3 is 3.11 bits per heavy atom. The summed E-state index contributed by atoms with van der Waals surface area (Å²) in [7, 11) is 0. The number of aliphatic hydroxyl groups is 1. The van der Waals surface area contributed by atoms with E-state index in [1.807, 2.05) is 19.1 Å². The largest absolute Gasteiger partial charge is 0.360 e. The molecule has 1 heterocycles. The fourth-order valence-electron chi connectivity index (χ4n) is 1.13. The molecule has 0 radical (unpaired) electrons. The molecule has 2 rings (SSSR count). The minimum atomic E-state index is -0.932. The molecular formula is C7H8O2. The van der Waals surface area contributed by atoms with Crippen molar-refractivity contribution in [3.05, 3.63) is 23.8 Å². The number of hydrogen-bond donors (Lipinski definition) is 1. The maximum Gasteiger partial charge on any atom is 0.217 e. The summed E-state index contributed by atoms with van der Waals surface area (Å²) >= 11 is 0. The summed E-state index contributed by atoms with van der Waals surface area (Å²) in [6, 6.07) is 0. The van der Waals surface area contributed by atoms with Crippen LogP contribution >= 0.6 is 0 Å². The Labute approximate surface area is 53.4 Å². The Morgan fingerprint density at radius 2 is 2.56 bits per heavy atom. The number of fused-ring (bicyclic) bond motifs is 1. The summed E-state index contributed by atoms with van der Waals surface area (Å²) in [5, 5.41) is 9.27. The summed E-state index contributed by atoms with van der Waals surface area (Å²) in [6.07, 6.45) is 5.39. The van der Waals surface area contributed by atoms with Crippen molar-refractivity contribution in [3.8, 4) is 0 Å². The summed E-state index contributed by atoms with van der Waals surface area (Å²) in [4.78, 5) is 0. The van der Waals surface area contributed by atoms with E-state index in [9.17, 15) is 5.11 Å². The van der Waals surface area contributed by atoms with E-state index >= 15 is 0 Å². The van der Waals surface area contributed by atoms with Gasteiger partial charge in [-0.3, -0.25) is 0 Å². The number of rotatable bonds is 0. The number of epoxide rings is 1. The number of ether oxygens (including phenoxy) is 1. The molecular weight excluding hydrogens is 116 g/mol. The van der Waals surface area contributed by atoms with Gasteiger partial charge in [-0.2, -0.15) is 0 Å². The molecule has 0 aromatic heterocycles. The highest BCUT2D eigenvalue weighted by atomic mass is 16.7. The van der Waals surface area contributed by atoms with Crippen LogP contribution in [0.5, 0.6) is 0 Å². The number of hydrogen-bond acceptors (Lipinski definition) is 2. The molecule has 9 heavy (non-hydrogen) atoms. The second kappa shape index (κ2) is 1.28. The van der Waals surface area contributed by atoms with Gasteiger partial charge >= 0.3 is 0 Å². The van der Waals surface area contributed by atoms with E-state index in [1.165, 1.54) is 0 Å². The van der Waals surface area contributed by atoms with E-state index in [0.29, 0.717) is 0 Å². The molecule has 2 heteroatoms. The second-order valence-electron chi connectivity index (χ2n) is 2.52. The third-order valence-electron chi connectivity index (χ3n) is 1.73. The predicted molar refractivity (Wildman–Crippen MR) is 32.7 cm³/mol. The van der Waals surface area contributed by atoms with Gasteiger partial charge in [-0.05, 0) is 18.6 Å². The highest BCUT2D eigenvalue weighted by molar-refractivity contribution is 5.33. The van der Waals surface area contributed by atoms with E-state index in [0.717, 1.165) is 5.57 Å². The molecule has 1 aliphatic heterocycles. The summed E-state index contributed by atoms with van der Waals surface area (Å²) in [5.41, 5.74) is 1.10. The highest BCUT2D eigenvalue weighted by Gasteiger charge is 2.55. The Balaban J connectivity index is 2.34.